The monoisotopic (exact) mass is 250 g/mol. The number of aryl methyl sites for hydroxylation is 1. The molecule has 1 aromatic heterocycles. The quantitative estimate of drug-likeness (QED) is 0.681. The Morgan fingerprint density at radius 1 is 1.17 bits per heavy atom. The van der Waals surface area contributed by atoms with Gasteiger partial charge in [-0.2, -0.15) is 0 Å². The largest absolute Gasteiger partial charge is 0.345 e. The molecule has 2 heteroatoms. The van der Waals surface area contributed by atoms with E-state index in [1.165, 1.54) is 36.5 Å². The Morgan fingerprint density at radius 2 is 1.83 bits per heavy atom. The van der Waals surface area contributed by atoms with E-state index in [9.17, 15) is 0 Å². The smallest absolute Gasteiger partial charge is 0.106 e. The summed E-state index contributed by atoms with van der Waals surface area (Å²) >= 11 is 0. The molecule has 104 valence electrons. The van der Waals surface area contributed by atoms with Crippen molar-refractivity contribution in [2.75, 3.05) is 0 Å². The van der Waals surface area contributed by atoms with Crippen LogP contribution >= 0.6 is 0 Å². The zero-order valence-electron chi connectivity index (χ0n) is 13.1. The van der Waals surface area contributed by atoms with Crippen molar-refractivity contribution in [2.24, 2.45) is 0 Å². The summed E-state index contributed by atoms with van der Waals surface area (Å²) in [6.45, 7) is 13.6. The van der Waals surface area contributed by atoms with E-state index >= 15 is 0 Å². The predicted molar refractivity (Wildman–Crippen MR) is 79.2 cm³/mol. The van der Waals surface area contributed by atoms with Crippen LogP contribution in [0.1, 0.15) is 90.4 Å². The summed E-state index contributed by atoms with van der Waals surface area (Å²) in [7, 11) is 0. The van der Waals surface area contributed by atoms with E-state index in [-0.39, 0.29) is 5.41 Å². The molecule has 0 fully saturated rings. The molecule has 1 rings (SSSR count). The third-order valence-electron chi connectivity index (χ3n) is 3.90. The summed E-state index contributed by atoms with van der Waals surface area (Å²) in [6, 6.07) is 0. The third-order valence-corrected chi connectivity index (χ3v) is 3.90. The van der Waals surface area contributed by atoms with Gasteiger partial charge in [-0.15, -0.1) is 0 Å². The molecule has 1 aromatic rings. The van der Waals surface area contributed by atoms with Crippen LogP contribution in [0.15, 0.2) is 0 Å². The fraction of sp³-hybridized carbons (Fsp3) is 0.812. The zero-order valence-corrected chi connectivity index (χ0v) is 13.1. The lowest BCUT2D eigenvalue weighted by Gasteiger charge is -2.22. The minimum Gasteiger partial charge on any atom is -0.345 e. The lowest BCUT2D eigenvalue weighted by Crippen LogP contribution is -2.18. The van der Waals surface area contributed by atoms with Gasteiger partial charge in [0.15, 0.2) is 0 Å². The summed E-state index contributed by atoms with van der Waals surface area (Å²) < 4.78 is 0. The molecule has 1 N–H and O–H groups in total. The number of hydrogen-bond donors (Lipinski definition) is 1. The van der Waals surface area contributed by atoms with Crippen LogP contribution in [0.3, 0.4) is 0 Å². The van der Waals surface area contributed by atoms with Crippen LogP contribution in [-0.2, 0) is 11.8 Å². The third kappa shape index (κ3) is 3.60. The summed E-state index contributed by atoms with van der Waals surface area (Å²) in [5, 5.41) is 0. The maximum atomic E-state index is 4.89. The molecular weight excluding hydrogens is 220 g/mol. The van der Waals surface area contributed by atoms with Crippen LogP contribution < -0.4 is 0 Å². The standard InChI is InChI=1S/C16H30N2/c1-7-9-10-11-13-17-14(12(3)4)15(18-13)16(5,6)8-2/h12H,7-11H2,1-6H3,(H,17,18). The van der Waals surface area contributed by atoms with Crippen LogP contribution in [0.4, 0.5) is 0 Å². The number of nitrogens with zero attached hydrogens (tertiary/aromatic N) is 1. The normalized spacial score (nSPS) is 12.4. The summed E-state index contributed by atoms with van der Waals surface area (Å²) in [5.74, 6) is 1.71. The summed E-state index contributed by atoms with van der Waals surface area (Å²) in [5.41, 5.74) is 2.80. The van der Waals surface area contributed by atoms with Crippen LogP contribution in [0.5, 0.6) is 0 Å². The molecule has 0 radical (unpaired) electrons. The van der Waals surface area contributed by atoms with Gasteiger partial charge in [-0.3, -0.25) is 0 Å². The van der Waals surface area contributed by atoms with Gasteiger partial charge in [0.2, 0.25) is 0 Å². The number of aromatic amines is 1. The minimum atomic E-state index is 0.180. The number of aromatic nitrogens is 2. The van der Waals surface area contributed by atoms with Gasteiger partial charge < -0.3 is 4.98 Å². The second kappa shape index (κ2) is 6.40. The molecule has 0 aromatic carbocycles. The first-order valence-electron chi connectivity index (χ1n) is 7.51. The molecule has 0 saturated carbocycles. The van der Waals surface area contributed by atoms with Crippen LogP contribution in [0.25, 0.3) is 0 Å². The Hall–Kier alpha value is -0.790. The molecule has 2 nitrogen and oxygen atoms in total. The molecule has 0 aliphatic carbocycles. The van der Waals surface area contributed by atoms with Crippen molar-refractivity contribution < 1.29 is 0 Å². The highest BCUT2D eigenvalue weighted by Gasteiger charge is 2.26. The van der Waals surface area contributed by atoms with Crippen LogP contribution in [0, 0.1) is 0 Å². The molecule has 0 spiro atoms. The molecule has 0 bridgehead atoms. The number of imidazole rings is 1. The van der Waals surface area contributed by atoms with Crippen LogP contribution in [0.2, 0.25) is 0 Å². The predicted octanol–water partition coefficient (Wildman–Crippen LogP) is 4.95. The number of hydrogen-bond acceptors (Lipinski definition) is 1. The molecule has 18 heavy (non-hydrogen) atoms. The Morgan fingerprint density at radius 3 is 2.33 bits per heavy atom. The van der Waals surface area contributed by atoms with Crippen molar-refractivity contribution in [3.05, 3.63) is 17.2 Å². The molecule has 0 aliphatic heterocycles. The minimum absolute atomic E-state index is 0.180. The van der Waals surface area contributed by atoms with Gasteiger partial charge >= 0.3 is 0 Å². The van der Waals surface area contributed by atoms with E-state index in [0.29, 0.717) is 5.92 Å². The fourth-order valence-electron chi connectivity index (χ4n) is 2.20. The first kappa shape index (κ1) is 15.3. The maximum absolute atomic E-state index is 4.89. The van der Waals surface area contributed by atoms with E-state index in [0.717, 1.165) is 12.8 Å². The Labute approximate surface area is 113 Å². The maximum Gasteiger partial charge on any atom is 0.106 e. The number of nitrogens with one attached hydrogen (secondary N) is 1. The van der Waals surface area contributed by atoms with E-state index in [1.807, 2.05) is 0 Å². The Bertz CT molecular complexity index is 361. The summed E-state index contributed by atoms with van der Waals surface area (Å²) in [6.07, 6.45) is 6.03. The average Bonchev–Trinajstić information content (AvgIpc) is 2.74. The fourth-order valence-corrected chi connectivity index (χ4v) is 2.20. The van der Waals surface area contributed by atoms with Gasteiger partial charge in [0.05, 0.1) is 5.69 Å². The van der Waals surface area contributed by atoms with E-state index < -0.39 is 0 Å². The lowest BCUT2D eigenvalue weighted by molar-refractivity contribution is 0.483. The van der Waals surface area contributed by atoms with Gasteiger partial charge in [-0.1, -0.05) is 54.4 Å². The highest BCUT2D eigenvalue weighted by Crippen LogP contribution is 2.31. The topological polar surface area (TPSA) is 28.7 Å². The summed E-state index contributed by atoms with van der Waals surface area (Å²) in [4.78, 5) is 8.46. The second-order valence-corrected chi connectivity index (χ2v) is 6.30. The van der Waals surface area contributed by atoms with E-state index in [1.54, 1.807) is 0 Å². The average molecular weight is 250 g/mol. The van der Waals surface area contributed by atoms with Crippen molar-refractivity contribution in [3.63, 3.8) is 0 Å². The first-order chi connectivity index (χ1) is 8.42. The Kier molecular flexibility index (Phi) is 5.43. The van der Waals surface area contributed by atoms with Gasteiger partial charge in [-0.25, -0.2) is 4.98 Å². The Balaban J connectivity index is 2.94. The molecule has 0 saturated heterocycles. The number of H-pyrrole nitrogens is 1. The van der Waals surface area contributed by atoms with Crippen LogP contribution in [-0.4, -0.2) is 9.97 Å². The van der Waals surface area contributed by atoms with Gasteiger partial charge in [0.1, 0.15) is 5.82 Å². The highest BCUT2D eigenvalue weighted by molar-refractivity contribution is 5.25. The molecular formula is C16H30N2. The van der Waals surface area contributed by atoms with Gasteiger partial charge in [-0.05, 0) is 18.8 Å². The first-order valence-corrected chi connectivity index (χ1v) is 7.51. The van der Waals surface area contributed by atoms with E-state index in [4.69, 9.17) is 4.98 Å². The molecule has 0 unspecified atom stereocenters. The lowest BCUT2D eigenvalue weighted by atomic mass is 9.83. The van der Waals surface area contributed by atoms with Crippen molar-refractivity contribution in [2.45, 2.75) is 85.0 Å². The van der Waals surface area contributed by atoms with Gasteiger partial charge in [0, 0.05) is 17.5 Å². The molecule has 1 heterocycles. The number of rotatable bonds is 7. The zero-order chi connectivity index (χ0) is 13.8. The van der Waals surface area contributed by atoms with E-state index in [2.05, 4.69) is 46.5 Å². The van der Waals surface area contributed by atoms with Crippen molar-refractivity contribution >= 4 is 0 Å². The molecule has 0 atom stereocenters. The SMILES string of the molecule is CCCCCc1nc(C(C)(C)CC)c(C(C)C)[nH]1. The molecule has 0 amide bonds. The number of unbranched alkanes of at least 4 members (excludes halogenated alkanes) is 2. The molecule has 0 aliphatic rings. The van der Waals surface area contributed by atoms with Crippen molar-refractivity contribution in [3.8, 4) is 0 Å². The van der Waals surface area contributed by atoms with Crippen molar-refractivity contribution in [1.82, 2.24) is 9.97 Å². The van der Waals surface area contributed by atoms with Gasteiger partial charge in [0.25, 0.3) is 0 Å². The highest BCUT2D eigenvalue weighted by atomic mass is 14.9. The van der Waals surface area contributed by atoms with Crippen molar-refractivity contribution in [1.29, 1.82) is 0 Å². The second-order valence-electron chi connectivity index (χ2n) is 6.30.